The molecule has 2 heterocycles. The van der Waals surface area contributed by atoms with Gasteiger partial charge >= 0.3 is 0 Å². The molecule has 0 spiro atoms. The van der Waals surface area contributed by atoms with Crippen LogP contribution < -0.4 is 5.32 Å². The van der Waals surface area contributed by atoms with E-state index < -0.39 is 11.6 Å². The molecule has 3 rings (SSSR count). The maximum atomic E-state index is 13.3. The van der Waals surface area contributed by atoms with Gasteiger partial charge in [0.2, 0.25) is 0 Å². The van der Waals surface area contributed by atoms with Crippen molar-refractivity contribution < 1.29 is 8.78 Å². The zero-order chi connectivity index (χ0) is 16.2. The minimum Gasteiger partial charge on any atom is -0.304 e. The van der Waals surface area contributed by atoms with Crippen LogP contribution in [0.5, 0.6) is 0 Å². The van der Waals surface area contributed by atoms with Crippen LogP contribution in [-0.2, 0) is 13.0 Å². The summed E-state index contributed by atoms with van der Waals surface area (Å²) in [6.45, 7) is 2.43. The molecule has 0 fully saturated rings. The van der Waals surface area contributed by atoms with E-state index in [-0.39, 0.29) is 6.04 Å². The van der Waals surface area contributed by atoms with E-state index in [0.29, 0.717) is 12.1 Å². The molecule has 23 heavy (non-hydrogen) atoms. The molecule has 0 amide bonds. The lowest BCUT2D eigenvalue weighted by Gasteiger charge is -2.16. The van der Waals surface area contributed by atoms with Gasteiger partial charge < -0.3 is 5.32 Å². The molecular weight excluding hydrogens is 334 g/mol. The fourth-order valence-electron chi connectivity index (χ4n) is 2.30. The summed E-state index contributed by atoms with van der Waals surface area (Å²) in [5.41, 5.74) is 1.71. The highest BCUT2D eigenvalue weighted by Crippen LogP contribution is 2.24. The predicted molar refractivity (Wildman–Crippen MR) is 90.8 cm³/mol. The van der Waals surface area contributed by atoms with Gasteiger partial charge in [0, 0.05) is 28.9 Å². The standard InChI is InChI=1S/C17H16F2N2S2/c1-11-10-23-17(21-11)16(8-13-3-2-6-22-13)20-9-12-4-5-14(18)15(19)7-12/h2-7,10,16,20H,8-9H2,1H3/t16-/m1/s1. The summed E-state index contributed by atoms with van der Waals surface area (Å²) in [5, 5.41) is 8.50. The Labute approximate surface area is 141 Å². The van der Waals surface area contributed by atoms with E-state index in [9.17, 15) is 8.78 Å². The number of aryl methyl sites for hydroxylation is 1. The van der Waals surface area contributed by atoms with E-state index in [2.05, 4.69) is 21.7 Å². The SMILES string of the molecule is Cc1csc([C@@H](Cc2cccs2)NCc2ccc(F)c(F)c2)n1. The van der Waals surface area contributed by atoms with Gasteiger partial charge in [0.1, 0.15) is 5.01 Å². The molecule has 120 valence electrons. The molecular formula is C17H16F2N2S2. The molecule has 0 bridgehead atoms. The molecule has 0 unspecified atom stereocenters. The number of benzene rings is 1. The smallest absolute Gasteiger partial charge is 0.159 e. The molecule has 0 aliphatic carbocycles. The van der Waals surface area contributed by atoms with E-state index >= 15 is 0 Å². The summed E-state index contributed by atoms with van der Waals surface area (Å²) in [4.78, 5) is 5.83. The summed E-state index contributed by atoms with van der Waals surface area (Å²) in [6.07, 6.45) is 0.828. The van der Waals surface area contributed by atoms with Crippen LogP contribution >= 0.6 is 22.7 Å². The van der Waals surface area contributed by atoms with Crippen LogP contribution in [0.3, 0.4) is 0 Å². The van der Waals surface area contributed by atoms with Gasteiger partial charge in [-0.1, -0.05) is 12.1 Å². The second kappa shape index (κ2) is 7.29. The lowest BCUT2D eigenvalue weighted by Crippen LogP contribution is -2.22. The molecule has 6 heteroatoms. The average Bonchev–Trinajstić information content (AvgIpc) is 3.18. The third-order valence-electron chi connectivity index (χ3n) is 3.46. The zero-order valence-electron chi connectivity index (χ0n) is 12.6. The maximum absolute atomic E-state index is 13.3. The number of aromatic nitrogens is 1. The van der Waals surface area contributed by atoms with Crippen molar-refractivity contribution in [1.29, 1.82) is 0 Å². The van der Waals surface area contributed by atoms with E-state index in [1.54, 1.807) is 28.7 Å². The average molecular weight is 350 g/mol. The molecule has 0 aliphatic heterocycles. The third-order valence-corrected chi connectivity index (χ3v) is 5.43. The first-order valence-electron chi connectivity index (χ1n) is 7.23. The number of rotatable bonds is 6. The van der Waals surface area contributed by atoms with Crippen molar-refractivity contribution in [3.8, 4) is 0 Å². The van der Waals surface area contributed by atoms with Crippen molar-refractivity contribution in [3.05, 3.63) is 73.9 Å². The topological polar surface area (TPSA) is 24.9 Å². The van der Waals surface area contributed by atoms with E-state index in [1.807, 2.05) is 18.4 Å². The molecule has 1 atom stereocenters. The largest absolute Gasteiger partial charge is 0.304 e. The van der Waals surface area contributed by atoms with Crippen LogP contribution in [-0.4, -0.2) is 4.98 Å². The van der Waals surface area contributed by atoms with Crippen LogP contribution in [0.15, 0.2) is 41.1 Å². The first-order valence-corrected chi connectivity index (χ1v) is 8.99. The second-order valence-electron chi connectivity index (χ2n) is 5.29. The van der Waals surface area contributed by atoms with Crippen molar-refractivity contribution in [2.24, 2.45) is 0 Å². The Hall–Kier alpha value is -1.63. The first kappa shape index (κ1) is 16.2. The summed E-state index contributed by atoms with van der Waals surface area (Å²) >= 11 is 3.32. The number of thiophene rings is 1. The van der Waals surface area contributed by atoms with Gasteiger partial charge in [0.25, 0.3) is 0 Å². The lowest BCUT2D eigenvalue weighted by atomic mass is 10.1. The zero-order valence-corrected chi connectivity index (χ0v) is 14.2. The summed E-state index contributed by atoms with van der Waals surface area (Å²) in [5.74, 6) is -1.64. The number of halogens is 2. The van der Waals surface area contributed by atoms with Crippen LogP contribution in [0, 0.1) is 18.6 Å². The minimum atomic E-state index is -0.820. The number of nitrogens with zero attached hydrogens (tertiary/aromatic N) is 1. The Kier molecular flexibility index (Phi) is 5.15. The molecule has 1 N–H and O–H groups in total. The highest BCUT2D eigenvalue weighted by atomic mass is 32.1. The van der Waals surface area contributed by atoms with Gasteiger partial charge in [0.05, 0.1) is 6.04 Å². The monoisotopic (exact) mass is 350 g/mol. The van der Waals surface area contributed by atoms with Gasteiger partial charge in [-0.2, -0.15) is 0 Å². The Morgan fingerprint density at radius 1 is 1.17 bits per heavy atom. The fourth-order valence-corrected chi connectivity index (χ4v) is 3.92. The highest BCUT2D eigenvalue weighted by molar-refractivity contribution is 7.10. The minimum absolute atomic E-state index is 0.0560. The van der Waals surface area contributed by atoms with Crippen molar-refractivity contribution in [1.82, 2.24) is 10.3 Å². The van der Waals surface area contributed by atoms with Crippen LogP contribution in [0.1, 0.15) is 27.2 Å². The predicted octanol–water partition coefficient (Wildman–Crippen LogP) is 4.86. The van der Waals surface area contributed by atoms with Crippen molar-refractivity contribution in [2.75, 3.05) is 0 Å². The highest BCUT2D eigenvalue weighted by Gasteiger charge is 2.16. The molecule has 0 saturated carbocycles. The normalized spacial score (nSPS) is 12.5. The van der Waals surface area contributed by atoms with E-state index in [1.165, 1.54) is 10.9 Å². The first-order chi connectivity index (χ1) is 11.1. The Morgan fingerprint density at radius 3 is 2.70 bits per heavy atom. The molecule has 0 saturated heterocycles. The summed E-state index contributed by atoms with van der Waals surface area (Å²) in [6, 6.07) is 8.17. The number of thiazole rings is 1. The Balaban J connectivity index is 1.74. The summed E-state index contributed by atoms with van der Waals surface area (Å²) < 4.78 is 26.3. The molecule has 2 aromatic heterocycles. The number of hydrogen-bond donors (Lipinski definition) is 1. The van der Waals surface area contributed by atoms with E-state index in [4.69, 9.17) is 0 Å². The Morgan fingerprint density at radius 2 is 2.04 bits per heavy atom. The van der Waals surface area contributed by atoms with Gasteiger partial charge in [-0.3, -0.25) is 0 Å². The molecule has 3 aromatic rings. The van der Waals surface area contributed by atoms with Crippen LogP contribution in [0.4, 0.5) is 8.78 Å². The Bertz CT molecular complexity index is 769. The van der Waals surface area contributed by atoms with Gasteiger partial charge in [-0.25, -0.2) is 13.8 Å². The van der Waals surface area contributed by atoms with Gasteiger partial charge in [0.15, 0.2) is 11.6 Å². The molecule has 2 nitrogen and oxygen atoms in total. The molecule has 0 aliphatic rings. The fraction of sp³-hybridized carbons (Fsp3) is 0.235. The molecule has 0 radical (unpaired) electrons. The van der Waals surface area contributed by atoms with E-state index in [0.717, 1.165) is 23.2 Å². The van der Waals surface area contributed by atoms with Crippen molar-refractivity contribution in [3.63, 3.8) is 0 Å². The maximum Gasteiger partial charge on any atom is 0.159 e. The quantitative estimate of drug-likeness (QED) is 0.686. The number of nitrogens with one attached hydrogen (secondary N) is 1. The summed E-state index contributed by atoms with van der Waals surface area (Å²) in [7, 11) is 0. The third kappa shape index (κ3) is 4.22. The van der Waals surface area contributed by atoms with Gasteiger partial charge in [-0.15, -0.1) is 22.7 Å². The van der Waals surface area contributed by atoms with Gasteiger partial charge in [-0.05, 0) is 36.1 Å². The molecule has 1 aromatic carbocycles. The van der Waals surface area contributed by atoms with Crippen LogP contribution in [0.25, 0.3) is 0 Å². The second-order valence-corrected chi connectivity index (χ2v) is 7.21. The number of hydrogen-bond acceptors (Lipinski definition) is 4. The van der Waals surface area contributed by atoms with Crippen molar-refractivity contribution >= 4 is 22.7 Å². The lowest BCUT2D eigenvalue weighted by molar-refractivity contribution is 0.500. The van der Waals surface area contributed by atoms with Crippen molar-refractivity contribution in [2.45, 2.75) is 25.9 Å². The van der Waals surface area contributed by atoms with Crippen LogP contribution in [0.2, 0.25) is 0 Å².